The predicted molar refractivity (Wildman–Crippen MR) is 62.7 cm³/mol. The van der Waals surface area contributed by atoms with E-state index in [4.69, 9.17) is 0 Å². The Balaban J connectivity index is 2.80. The molecule has 21 heavy (non-hydrogen) atoms. The molecule has 1 aliphatic rings. The smallest absolute Gasteiger partial charge is 0.322 e. The summed E-state index contributed by atoms with van der Waals surface area (Å²) in [5.41, 5.74) is -4.26. The first-order valence-corrected chi connectivity index (χ1v) is 6.35. The van der Waals surface area contributed by atoms with Gasteiger partial charge in [-0.1, -0.05) is 6.92 Å². The average molecular weight is 321 g/mol. The van der Waals surface area contributed by atoms with Crippen LogP contribution < -0.4 is 5.32 Å². The van der Waals surface area contributed by atoms with Crippen molar-refractivity contribution < 1.29 is 31.1 Å². The number of piperazine rings is 1. The molecule has 0 spiro atoms. The van der Waals surface area contributed by atoms with Gasteiger partial charge in [-0.15, -0.1) is 0 Å². The first kappa shape index (κ1) is 17.9. The molecule has 0 radical (unpaired) electrons. The Kier molecular flexibility index (Phi) is 5.01. The van der Waals surface area contributed by atoms with Crippen LogP contribution in [0.15, 0.2) is 0 Å². The standard InChI is InChI=1S/C11H17F6N3O/c1-3-19-4-6-20(7-5-19)8(21)18-9(2,10(12,13)14)11(15,16)17/h3-7H2,1-2H3,(H,18,21). The molecule has 1 fully saturated rings. The van der Waals surface area contributed by atoms with Gasteiger partial charge in [0.15, 0.2) is 0 Å². The average Bonchev–Trinajstić information content (AvgIpc) is 2.36. The van der Waals surface area contributed by atoms with Crippen molar-refractivity contribution in [3.63, 3.8) is 0 Å². The van der Waals surface area contributed by atoms with Gasteiger partial charge in [-0.25, -0.2) is 4.79 Å². The largest absolute Gasteiger partial charge is 0.420 e. The van der Waals surface area contributed by atoms with Crippen molar-refractivity contribution in [2.45, 2.75) is 31.7 Å². The zero-order valence-corrected chi connectivity index (χ0v) is 11.6. The third-order valence-electron chi connectivity index (χ3n) is 3.60. The van der Waals surface area contributed by atoms with Gasteiger partial charge >= 0.3 is 18.4 Å². The number of nitrogens with zero attached hydrogens (tertiary/aromatic N) is 2. The van der Waals surface area contributed by atoms with Crippen LogP contribution in [0.25, 0.3) is 0 Å². The lowest BCUT2D eigenvalue weighted by molar-refractivity contribution is -0.298. The van der Waals surface area contributed by atoms with Gasteiger partial charge in [0, 0.05) is 26.2 Å². The fourth-order valence-corrected chi connectivity index (χ4v) is 1.86. The number of urea groups is 1. The summed E-state index contributed by atoms with van der Waals surface area (Å²) in [4.78, 5) is 14.6. The van der Waals surface area contributed by atoms with Crippen molar-refractivity contribution in [2.24, 2.45) is 0 Å². The molecule has 0 atom stereocenters. The number of likely N-dealkylation sites (N-methyl/N-ethyl adjacent to an activating group) is 1. The molecule has 2 amide bonds. The Bertz CT molecular complexity index is 359. The maximum Gasteiger partial charge on any atom is 0.420 e. The minimum atomic E-state index is -5.63. The van der Waals surface area contributed by atoms with Crippen LogP contribution in [0.3, 0.4) is 0 Å². The molecule has 0 aromatic heterocycles. The SMILES string of the molecule is CCN1CCN(C(=O)NC(C)(C(F)(F)F)C(F)(F)F)CC1. The lowest BCUT2D eigenvalue weighted by atomic mass is 10.0. The highest BCUT2D eigenvalue weighted by Gasteiger charge is 2.68. The lowest BCUT2D eigenvalue weighted by Gasteiger charge is -2.39. The highest BCUT2D eigenvalue weighted by Crippen LogP contribution is 2.42. The summed E-state index contributed by atoms with van der Waals surface area (Å²) in [6, 6.07) is -1.36. The fourth-order valence-electron chi connectivity index (χ4n) is 1.86. The first-order valence-electron chi connectivity index (χ1n) is 6.35. The van der Waals surface area contributed by atoms with E-state index in [0.717, 1.165) is 10.2 Å². The molecule has 1 heterocycles. The van der Waals surface area contributed by atoms with Crippen LogP contribution in [0.2, 0.25) is 0 Å². The maximum absolute atomic E-state index is 12.7. The van der Waals surface area contributed by atoms with Crippen LogP contribution in [-0.2, 0) is 0 Å². The molecule has 1 aliphatic heterocycles. The van der Waals surface area contributed by atoms with Crippen molar-refractivity contribution in [3.05, 3.63) is 0 Å². The second-order valence-electron chi connectivity index (χ2n) is 4.97. The number of halogens is 6. The molecule has 0 bridgehead atoms. The molecule has 1 saturated heterocycles. The summed E-state index contributed by atoms with van der Waals surface area (Å²) in [6.07, 6.45) is -11.3. The van der Waals surface area contributed by atoms with E-state index in [2.05, 4.69) is 0 Å². The van der Waals surface area contributed by atoms with Gasteiger partial charge in [0.25, 0.3) is 0 Å². The monoisotopic (exact) mass is 321 g/mol. The molecule has 0 unspecified atom stereocenters. The first-order chi connectivity index (χ1) is 9.42. The van der Waals surface area contributed by atoms with E-state index in [9.17, 15) is 31.1 Å². The summed E-state index contributed by atoms with van der Waals surface area (Å²) < 4.78 is 76.1. The molecule has 0 saturated carbocycles. The Labute approximate surface area is 118 Å². The minimum Gasteiger partial charge on any atom is -0.322 e. The topological polar surface area (TPSA) is 35.6 Å². The van der Waals surface area contributed by atoms with Crippen LogP contribution in [0.4, 0.5) is 31.1 Å². The number of nitrogens with one attached hydrogen (secondary N) is 1. The van der Waals surface area contributed by atoms with Crippen molar-refractivity contribution in [1.29, 1.82) is 0 Å². The van der Waals surface area contributed by atoms with Gasteiger partial charge in [-0.05, 0) is 13.5 Å². The highest BCUT2D eigenvalue weighted by atomic mass is 19.4. The Morgan fingerprint density at radius 3 is 1.76 bits per heavy atom. The fraction of sp³-hybridized carbons (Fsp3) is 0.909. The molecule has 1 N–H and O–H groups in total. The van der Waals surface area contributed by atoms with Gasteiger partial charge in [0.1, 0.15) is 0 Å². The van der Waals surface area contributed by atoms with Crippen LogP contribution >= 0.6 is 0 Å². The van der Waals surface area contributed by atoms with E-state index in [1.807, 2.05) is 11.8 Å². The number of rotatable bonds is 2. The summed E-state index contributed by atoms with van der Waals surface area (Å²) >= 11 is 0. The molecule has 0 aromatic rings. The number of alkyl halides is 6. The van der Waals surface area contributed by atoms with E-state index in [1.54, 1.807) is 0 Å². The lowest BCUT2D eigenvalue weighted by Crippen LogP contribution is -2.68. The van der Waals surface area contributed by atoms with E-state index < -0.39 is 23.9 Å². The van der Waals surface area contributed by atoms with Crippen molar-refractivity contribution in [3.8, 4) is 0 Å². The van der Waals surface area contributed by atoms with E-state index in [0.29, 0.717) is 19.6 Å². The van der Waals surface area contributed by atoms with Gasteiger partial charge in [0.2, 0.25) is 5.54 Å². The normalized spacial score (nSPS) is 18.8. The number of hydrogen-bond acceptors (Lipinski definition) is 2. The molecule has 0 aliphatic carbocycles. The Morgan fingerprint density at radius 1 is 1.00 bits per heavy atom. The molecule has 124 valence electrons. The number of carbonyl (C=O) groups is 1. The Morgan fingerprint density at radius 2 is 1.43 bits per heavy atom. The predicted octanol–water partition coefficient (Wildman–Crippen LogP) is 2.22. The van der Waals surface area contributed by atoms with Gasteiger partial charge in [-0.3, -0.25) is 0 Å². The number of hydrogen-bond donors (Lipinski definition) is 1. The summed E-state index contributed by atoms with van der Waals surface area (Å²) in [7, 11) is 0. The summed E-state index contributed by atoms with van der Waals surface area (Å²) in [5.74, 6) is 0. The van der Waals surface area contributed by atoms with Crippen molar-refractivity contribution in [1.82, 2.24) is 15.1 Å². The zero-order chi connectivity index (χ0) is 16.5. The van der Waals surface area contributed by atoms with Crippen LogP contribution in [0.1, 0.15) is 13.8 Å². The van der Waals surface area contributed by atoms with Crippen molar-refractivity contribution in [2.75, 3.05) is 32.7 Å². The van der Waals surface area contributed by atoms with Crippen LogP contribution in [-0.4, -0.2) is 66.4 Å². The highest BCUT2D eigenvalue weighted by molar-refractivity contribution is 5.75. The molecule has 4 nitrogen and oxygen atoms in total. The van der Waals surface area contributed by atoms with Crippen LogP contribution in [0, 0.1) is 0 Å². The quantitative estimate of drug-likeness (QED) is 0.792. The van der Waals surface area contributed by atoms with E-state index in [-0.39, 0.29) is 20.0 Å². The summed E-state index contributed by atoms with van der Waals surface area (Å²) in [5, 5.41) is 1.09. The van der Waals surface area contributed by atoms with Gasteiger partial charge < -0.3 is 15.1 Å². The maximum atomic E-state index is 12.7. The molecular weight excluding hydrogens is 304 g/mol. The molecule has 0 aromatic carbocycles. The molecule has 1 rings (SSSR count). The zero-order valence-electron chi connectivity index (χ0n) is 11.6. The van der Waals surface area contributed by atoms with E-state index >= 15 is 0 Å². The second kappa shape index (κ2) is 5.90. The van der Waals surface area contributed by atoms with Crippen molar-refractivity contribution >= 4 is 6.03 Å². The van der Waals surface area contributed by atoms with Gasteiger partial charge in [-0.2, -0.15) is 26.3 Å². The van der Waals surface area contributed by atoms with Crippen LogP contribution in [0.5, 0.6) is 0 Å². The molecular formula is C11H17F6N3O. The number of amides is 2. The van der Waals surface area contributed by atoms with Gasteiger partial charge in [0.05, 0.1) is 0 Å². The van der Waals surface area contributed by atoms with E-state index in [1.165, 1.54) is 0 Å². The second-order valence-corrected chi connectivity index (χ2v) is 4.97. The third kappa shape index (κ3) is 3.72. The Hall–Kier alpha value is -1.19. The summed E-state index contributed by atoms with van der Waals surface area (Å²) in [6.45, 7) is 3.51. The molecule has 10 heteroatoms. The third-order valence-corrected chi connectivity index (χ3v) is 3.60. The number of carbonyl (C=O) groups excluding carboxylic acids is 1. The minimum absolute atomic E-state index is 0.0762.